The van der Waals surface area contributed by atoms with E-state index in [4.69, 9.17) is 0 Å². The van der Waals surface area contributed by atoms with Crippen molar-refractivity contribution < 1.29 is 0 Å². The van der Waals surface area contributed by atoms with E-state index in [1.165, 1.54) is 5.70 Å². The standard InChI is InChI=1S/C8H13N.C6H11N3/c1-8(2,3)7-5-4-6-9-7;1-6(2,3)5-4-7-9-8-5/h5-6H,4H2,1-3H3;4H,1-3H3,(H,7,8,9). The number of hydrogen-bond acceptors (Lipinski definition) is 3. The zero-order valence-corrected chi connectivity index (χ0v) is 12.3. The molecule has 100 valence electrons. The van der Waals surface area contributed by atoms with Gasteiger partial charge in [0.2, 0.25) is 0 Å². The van der Waals surface area contributed by atoms with Crippen molar-refractivity contribution in [3.8, 4) is 0 Å². The molecular weight excluding hydrogens is 224 g/mol. The number of rotatable bonds is 0. The second-order valence-corrected chi connectivity index (χ2v) is 6.49. The lowest BCUT2D eigenvalue weighted by Gasteiger charge is -2.16. The Labute approximate surface area is 110 Å². The molecule has 0 bridgehead atoms. The smallest absolute Gasteiger partial charge is 0.0877 e. The molecule has 0 saturated carbocycles. The van der Waals surface area contributed by atoms with Crippen molar-refractivity contribution >= 4 is 6.21 Å². The van der Waals surface area contributed by atoms with Gasteiger partial charge in [-0.25, -0.2) is 0 Å². The van der Waals surface area contributed by atoms with Crippen molar-refractivity contribution in [3.05, 3.63) is 23.7 Å². The Bertz CT molecular complexity index is 414. The number of aliphatic imine (C=N–C) groups is 1. The minimum absolute atomic E-state index is 0.118. The largest absolute Gasteiger partial charge is 0.265 e. The Balaban J connectivity index is 0.000000180. The van der Waals surface area contributed by atoms with Crippen LogP contribution in [0.3, 0.4) is 0 Å². The molecule has 4 heteroatoms. The summed E-state index contributed by atoms with van der Waals surface area (Å²) in [7, 11) is 0. The van der Waals surface area contributed by atoms with Crippen LogP contribution in [0.4, 0.5) is 0 Å². The molecule has 0 amide bonds. The van der Waals surface area contributed by atoms with Gasteiger partial charge in [0, 0.05) is 29.2 Å². The molecule has 0 aliphatic carbocycles. The van der Waals surface area contributed by atoms with Gasteiger partial charge in [-0.3, -0.25) is 4.99 Å². The highest BCUT2D eigenvalue weighted by molar-refractivity contribution is 5.65. The van der Waals surface area contributed by atoms with Gasteiger partial charge in [0.25, 0.3) is 0 Å². The van der Waals surface area contributed by atoms with E-state index < -0.39 is 0 Å². The molecule has 0 radical (unpaired) electrons. The fraction of sp³-hybridized carbons (Fsp3) is 0.643. The van der Waals surface area contributed by atoms with E-state index in [2.05, 4.69) is 68.0 Å². The van der Waals surface area contributed by atoms with Gasteiger partial charge in [-0.05, 0) is 0 Å². The predicted octanol–water partition coefficient (Wildman–Crippen LogP) is 3.49. The summed E-state index contributed by atoms with van der Waals surface area (Å²) in [6, 6.07) is 0. The molecule has 1 aliphatic rings. The van der Waals surface area contributed by atoms with Crippen LogP contribution in [0.5, 0.6) is 0 Å². The van der Waals surface area contributed by atoms with Gasteiger partial charge in [-0.1, -0.05) is 47.6 Å². The Hall–Kier alpha value is -1.45. The van der Waals surface area contributed by atoms with Crippen LogP contribution in [0.15, 0.2) is 23.0 Å². The molecule has 0 fully saturated rings. The van der Waals surface area contributed by atoms with Crippen LogP contribution in [0.25, 0.3) is 0 Å². The highest BCUT2D eigenvalue weighted by Crippen LogP contribution is 2.28. The first-order valence-electron chi connectivity index (χ1n) is 6.30. The first-order valence-corrected chi connectivity index (χ1v) is 6.30. The van der Waals surface area contributed by atoms with Crippen LogP contribution in [0.1, 0.15) is 53.7 Å². The molecule has 18 heavy (non-hydrogen) atoms. The second-order valence-electron chi connectivity index (χ2n) is 6.49. The Morgan fingerprint density at radius 1 is 1.06 bits per heavy atom. The molecule has 1 aliphatic heterocycles. The summed E-state index contributed by atoms with van der Waals surface area (Å²) in [5.74, 6) is 0. The number of H-pyrrole nitrogens is 1. The number of aromatic nitrogens is 3. The normalized spacial score (nSPS) is 15.1. The monoisotopic (exact) mass is 248 g/mol. The summed E-state index contributed by atoms with van der Waals surface area (Å²) in [4.78, 5) is 4.24. The molecule has 0 atom stereocenters. The number of nitrogens with zero attached hydrogens (tertiary/aromatic N) is 3. The number of allylic oxidation sites excluding steroid dienone is 2. The third-order valence-electron chi connectivity index (χ3n) is 2.60. The molecule has 2 rings (SSSR count). The topological polar surface area (TPSA) is 53.9 Å². The van der Waals surface area contributed by atoms with E-state index in [1.807, 2.05) is 6.21 Å². The van der Waals surface area contributed by atoms with E-state index in [-0.39, 0.29) is 10.8 Å². The average Bonchev–Trinajstić information content (AvgIpc) is 2.91. The SMILES string of the molecule is CC(C)(C)C1=CCC=N1.CC(C)(C)c1cn[nH]n1. The number of nitrogens with one attached hydrogen (secondary N) is 1. The van der Waals surface area contributed by atoms with Crippen LogP contribution in [0, 0.1) is 5.41 Å². The predicted molar refractivity (Wildman–Crippen MR) is 75.7 cm³/mol. The van der Waals surface area contributed by atoms with Crippen LogP contribution < -0.4 is 0 Å². The minimum atomic E-state index is 0.118. The van der Waals surface area contributed by atoms with Crippen molar-refractivity contribution in [1.82, 2.24) is 15.4 Å². The molecule has 0 saturated heterocycles. The van der Waals surface area contributed by atoms with Crippen molar-refractivity contribution in [3.63, 3.8) is 0 Å². The summed E-state index contributed by atoms with van der Waals surface area (Å²) in [5.41, 5.74) is 2.59. The average molecular weight is 248 g/mol. The fourth-order valence-electron chi connectivity index (χ4n) is 1.43. The van der Waals surface area contributed by atoms with Crippen LogP contribution in [-0.2, 0) is 5.41 Å². The number of hydrogen-bond donors (Lipinski definition) is 1. The first-order chi connectivity index (χ1) is 8.21. The Morgan fingerprint density at radius 2 is 1.72 bits per heavy atom. The summed E-state index contributed by atoms with van der Waals surface area (Å²) < 4.78 is 0. The van der Waals surface area contributed by atoms with Crippen molar-refractivity contribution in [1.29, 1.82) is 0 Å². The van der Waals surface area contributed by atoms with E-state index in [9.17, 15) is 0 Å². The van der Waals surface area contributed by atoms with Crippen molar-refractivity contribution in [2.45, 2.75) is 53.4 Å². The third kappa shape index (κ3) is 4.43. The maximum absolute atomic E-state index is 4.24. The highest BCUT2D eigenvalue weighted by atomic mass is 15.3. The summed E-state index contributed by atoms with van der Waals surface area (Å²) >= 11 is 0. The number of aromatic amines is 1. The van der Waals surface area contributed by atoms with E-state index in [1.54, 1.807) is 6.20 Å². The first kappa shape index (κ1) is 14.6. The highest BCUT2D eigenvalue weighted by Gasteiger charge is 2.17. The van der Waals surface area contributed by atoms with E-state index >= 15 is 0 Å². The summed E-state index contributed by atoms with van der Waals surface area (Å²) in [5, 5.41) is 10.2. The van der Waals surface area contributed by atoms with Gasteiger partial charge in [0.15, 0.2) is 0 Å². The van der Waals surface area contributed by atoms with Crippen LogP contribution >= 0.6 is 0 Å². The molecule has 0 unspecified atom stereocenters. The molecule has 1 N–H and O–H groups in total. The van der Waals surface area contributed by atoms with E-state index in [0.29, 0.717) is 0 Å². The molecular formula is C14H24N4. The molecule has 1 aromatic heterocycles. The minimum Gasteiger partial charge on any atom is -0.265 e. The summed E-state index contributed by atoms with van der Waals surface area (Å²) in [6.45, 7) is 12.9. The third-order valence-corrected chi connectivity index (χ3v) is 2.60. The van der Waals surface area contributed by atoms with E-state index in [0.717, 1.165) is 12.1 Å². The molecule has 0 aromatic carbocycles. The van der Waals surface area contributed by atoms with Crippen molar-refractivity contribution in [2.75, 3.05) is 0 Å². The zero-order valence-electron chi connectivity index (χ0n) is 12.3. The lowest BCUT2D eigenvalue weighted by Crippen LogP contribution is -2.11. The molecule has 1 aromatic rings. The summed E-state index contributed by atoms with van der Waals surface area (Å²) in [6.07, 6.45) is 6.91. The Kier molecular flexibility index (Phi) is 4.43. The van der Waals surface area contributed by atoms with Crippen LogP contribution in [0.2, 0.25) is 0 Å². The van der Waals surface area contributed by atoms with Crippen LogP contribution in [-0.4, -0.2) is 21.6 Å². The van der Waals surface area contributed by atoms with Gasteiger partial charge >= 0.3 is 0 Å². The fourth-order valence-corrected chi connectivity index (χ4v) is 1.43. The van der Waals surface area contributed by atoms with Crippen molar-refractivity contribution in [2.24, 2.45) is 10.4 Å². The second kappa shape index (κ2) is 5.46. The maximum atomic E-state index is 4.24. The lowest BCUT2D eigenvalue weighted by atomic mass is 9.92. The molecule has 2 heterocycles. The van der Waals surface area contributed by atoms with Gasteiger partial charge < -0.3 is 0 Å². The van der Waals surface area contributed by atoms with Gasteiger partial charge in [0.05, 0.1) is 11.9 Å². The van der Waals surface area contributed by atoms with Gasteiger partial charge in [-0.15, -0.1) is 0 Å². The lowest BCUT2D eigenvalue weighted by molar-refractivity contribution is 0.500. The van der Waals surface area contributed by atoms with Gasteiger partial charge in [0.1, 0.15) is 0 Å². The Morgan fingerprint density at radius 3 is 1.94 bits per heavy atom. The molecule has 4 nitrogen and oxygen atoms in total. The zero-order chi connectivity index (χ0) is 13.8. The van der Waals surface area contributed by atoms with Gasteiger partial charge in [-0.2, -0.15) is 15.4 Å². The quantitative estimate of drug-likeness (QED) is 0.764. The maximum Gasteiger partial charge on any atom is 0.0877 e. The molecule has 0 spiro atoms.